The van der Waals surface area contributed by atoms with Crippen LogP contribution >= 0.6 is 0 Å². The molecule has 1 fully saturated rings. The summed E-state index contributed by atoms with van der Waals surface area (Å²) in [5.74, 6) is 0.606. The van der Waals surface area contributed by atoms with Crippen molar-refractivity contribution in [2.24, 2.45) is 5.92 Å². The molecule has 0 amide bonds. The van der Waals surface area contributed by atoms with Gasteiger partial charge in [-0.05, 0) is 44.9 Å². The van der Waals surface area contributed by atoms with Crippen LogP contribution in [-0.4, -0.2) is 20.3 Å². The molecular weight excluding hydrogens is 210 g/mol. The van der Waals surface area contributed by atoms with Crippen molar-refractivity contribution in [2.75, 3.05) is 20.3 Å². The van der Waals surface area contributed by atoms with E-state index in [1.807, 2.05) is 0 Å². The van der Waals surface area contributed by atoms with Crippen molar-refractivity contribution in [3.05, 3.63) is 34.9 Å². The van der Waals surface area contributed by atoms with Crippen LogP contribution in [0.2, 0.25) is 0 Å². The highest BCUT2D eigenvalue weighted by molar-refractivity contribution is 5.33. The van der Waals surface area contributed by atoms with Crippen molar-refractivity contribution < 1.29 is 4.74 Å². The van der Waals surface area contributed by atoms with E-state index in [1.165, 1.54) is 29.5 Å². The fraction of sp³-hybridized carbons (Fsp3) is 0.600. The Labute approximate surface area is 104 Å². The zero-order valence-corrected chi connectivity index (χ0v) is 11.1. The summed E-state index contributed by atoms with van der Waals surface area (Å²) in [6.45, 7) is 6.18. The smallest absolute Gasteiger partial charge is 0.0512 e. The summed E-state index contributed by atoms with van der Waals surface area (Å²) >= 11 is 0. The molecule has 0 aliphatic carbocycles. The average Bonchev–Trinajstić information content (AvgIpc) is 2.36. The second-order valence-electron chi connectivity index (χ2n) is 5.10. The monoisotopic (exact) mass is 233 g/mol. The van der Waals surface area contributed by atoms with Crippen LogP contribution in [0.5, 0.6) is 0 Å². The van der Waals surface area contributed by atoms with Gasteiger partial charge in [0, 0.05) is 18.6 Å². The first kappa shape index (κ1) is 12.6. The molecule has 1 aromatic rings. The Balaban J connectivity index is 2.24. The lowest BCUT2D eigenvalue weighted by Gasteiger charge is -2.31. The van der Waals surface area contributed by atoms with E-state index in [9.17, 15) is 0 Å². The minimum Gasteiger partial charge on any atom is -0.381 e. The van der Waals surface area contributed by atoms with Crippen LogP contribution in [0.15, 0.2) is 18.2 Å². The van der Waals surface area contributed by atoms with Gasteiger partial charge in [-0.1, -0.05) is 23.8 Å². The highest BCUT2D eigenvalue weighted by atomic mass is 16.5. The first-order chi connectivity index (χ1) is 8.22. The summed E-state index contributed by atoms with van der Waals surface area (Å²) in [5.41, 5.74) is 4.14. The highest BCUT2D eigenvalue weighted by Crippen LogP contribution is 2.30. The maximum Gasteiger partial charge on any atom is 0.0512 e. The predicted octanol–water partition coefficient (Wildman–Crippen LogP) is 2.99. The van der Waals surface area contributed by atoms with Crippen LogP contribution in [-0.2, 0) is 4.74 Å². The van der Waals surface area contributed by atoms with Crippen molar-refractivity contribution >= 4 is 0 Å². The van der Waals surface area contributed by atoms with Gasteiger partial charge in [0.1, 0.15) is 0 Å². The minimum absolute atomic E-state index is 0.426. The fourth-order valence-corrected chi connectivity index (χ4v) is 2.77. The van der Waals surface area contributed by atoms with E-state index in [2.05, 4.69) is 44.4 Å². The Morgan fingerprint density at radius 1 is 1.35 bits per heavy atom. The molecule has 0 aromatic heterocycles. The fourth-order valence-electron chi connectivity index (χ4n) is 2.77. The van der Waals surface area contributed by atoms with Gasteiger partial charge >= 0.3 is 0 Å². The van der Waals surface area contributed by atoms with E-state index in [-0.39, 0.29) is 0 Å². The summed E-state index contributed by atoms with van der Waals surface area (Å²) in [5, 5.41) is 3.48. The SMILES string of the molecule is CNC(c1cc(C)ccc1C)C1CCCOC1. The van der Waals surface area contributed by atoms with Crippen molar-refractivity contribution in [1.82, 2.24) is 5.32 Å². The van der Waals surface area contributed by atoms with Gasteiger partial charge in [0.15, 0.2) is 0 Å². The quantitative estimate of drug-likeness (QED) is 0.866. The Bertz CT molecular complexity index is 369. The number of benzene rings is 1. The molecule has 1 aliphatic rings. The van der Waals surface area contributed by atoms with Crippen LogP contribution in [0, 0.1) is 19.8 Å². The van der Waals surface area contributed by atoms with Crippen molar-refractivity contribution in [3.63, 3.8) is 0 Å². The standard InChI is InChI=1S/C15H23NO/c1-11-6-7-12(2)14(9-11)15(16-3)13-5-4-8-17-10-13/h6-7,9,13,15-16H,4-5,8,10H2,1-3H3. The topological polar surface area (TPSA) is 21.3 Å². The molecule has 1 aromatic carbocycles. The summed E-state index contributed by atoms with van der Waals surface area (Å²) in [6, 6.07) is 7.14. The van der Waals surface area contributed by atoms with Crippen molar-refractivity contribution in [3.8, 4) is 0 Å². The molecule has 2 heteroatoms. The van der Waals surface area contributed by atoms with Crippen molar-refractivity contribution in [2.45, 2.75) is 32.7 Å². The molecule has 1 N–H and O–H groups in total. The van der Waals surface area contributed by atoms with Gasteiger partial charge in [-0.15, -0.1) is 0 Å². The first-order valence-corrected chi connectivity index (χ1v) is 6.54. The largest absolute Gasteiger partial charge is 0.381 e. The third-order valence-corrected chi connectivity index (χ3v) is 3.75. The summed E-state index contributed by atoms with van der Waals surface area (Å²) < 4.78 is 5.62. The van der Waals surface area contributed by atoms with E-state index in [4.69, 9.17) is 4.74 Å². The molecule has 1 heterocycles. The van der Waals surface area contributed by atoms with Crippen LogP contribution in [0.1, 0.15) is 35.6 Å². The van der Waals surface area contributed by atoms with Gasteiger partial charge in [0.25, 0.3) is 0 Å². The number of nitrogens with one attached hydrogen (secondary N) is 1. The molecule has 2 rings (SSSR count). The maximum absolute atomic E-state index is 5.62. The van der Waals surface area contributed by atoms with E-state index in [0.717, 1.165) is 13.2 Å². The summed E-state index contributed by atoms with van der Waals surface area (Å²) in [7, 11) is 2.06. The lowest BCUT2D eigenvalue weighted by atomic mass is 9.86. The molecular formula is C15H23NO. The van der Waals surface area contributed by atoms with Crippen LogP contribution in [0.25, 0.3) is 0 Å². The summed E-state index contributed by atoms with van der Waals surface area (Å²) in [6.07, 6.45) is 2.45. The second kappa shape index (κ2) is 5.65. The lowest BCUT2D eigenvalue weighted by Crippen LogP contribution is -2.31. The van der Waals surface area contributed by atoms with Crippen LogP contribution in [0.4, 0.5) is 0 Å². The van der Waals surface area contributed by atoms with Gasteiger partial charge in [0.2, 0.25) is 0 Å². The Morgan fingerprint density at radius 2 is 2.18 bits per heavy atom. The third kappa shape index (κ3) is 2.88. The molecule has 2 nitrogen and oxygen atoms in total. The number of hydrogen-bond acceptors (Lipinski definition) is 2. The number of aryl methyl sites for hydroxylation is 2. The van der Waals surface area contributed by atoms with Gasteiger partial charge in [-0.25, -0.2) is 0 Å². The van der Waals surface area contributed by atoms with Gasteiger partial charge in [-0.3, -0.25) is 0 Å². The molecule has 17 heavy (non-hydrogen) atoms. The molecule has 2 unspecified atom stereocenters. The zero-order valence-electron chi connectivity index (χ0n) is 11.1. The normalized spacial score (nSPS) is 22.4. The Hall–Kier alpha value is -0.860. The zero-order chi connectivity index (χ0) is 12.3. The average molecular weight is 233 g/mol. The molecule has 0 radical (unpaired) electrons. The van der Waals surface area contributed by atoms with Crippen molar-refractivity contribution in [1.29, 1.82) is 0 Å². The van der Waals surface area contributed by atoms with E-state index < -0.39 is 0 Å². The van der Waals surface area contributed by atoms with E-state index in [1.54, 1.807) is 0 Å². The third-order valence-electron chi connectivity index (χ3n) is 3.75. The number of rotatable bonds is 3. The Kier molecular flexibility index (Phi) is 4.19. The molecule has 94 valence electrons. The molecule has 0 saturated carbocycles. The lowest BCUT2D eigenvalue weighted by molar-refractivity contribution is 0.0401. The van der Waals surface area contributed by atoms with E-state index >= 15 is 0 Å². The molecule has 2 atom stereocenters. The first-order valence-electron chi connectivity index (χ1n) is 6.54. The van der Waals surface area contributed by atoms with Crippen LogP contribution < -0.4 is 5.32 Å². The molecule has 1 aliphatic heterocycles. The summed E-state index contributed by atoms with van der Waals surface area (Å²) in [4.78, 5) is 0. The minimum atomic E-state index is 0.426. The van der Waals surface area contributed by atoms with Gasteiger partial charge < -0.3 is 10.1 Å². The second-order valence-corrected chi connectivity index (χ2v) is 5.10. The maximum atomic E-state index is 5.62. The molecule has 1 saturated heterocycles. The Morgan fingerprint density at radius 3 is 2.82 bits per heavy atom. The molecule has 0 spiro atoms. The van der Waals surface area contributed by atoms with Gasteiger partial charge in [-0.2, -0.15) is 0 Å². The number of hydrogen-bond donors (Lipinski definition) is 1. The molecule has 0 bridgehead atoms. The van der Waals surface area contributed by atoms with E-state index in [0.29, 0.717) is 12.0 Å². The predicted molar refractivity (Wildman–Crippen MR) is 71.3 cm³/mol. The van der Waals surface area contributed by atoms with Crippen LogP contribution in [0.3, 0.4) is 0 Å². The highest BCUT2D eigenvalue weighted by Gasteiger charge is 2.25. The number of ether oxygens (including phenoxy) is 1. The van der Waals surface area contributed by atoms with Gasteiger partial charge in [0.05, 0.1) is 6.61 Å².